The van der Waals surface area contributed by atoms with Gasteiger partial charge >= 0.3 is 0 Å². The number of nitrogens with zero attached hydrogens (tertiary/aromatic N) is 2. The second-order valence-electron chi connectivity index (χ2n) is 6.38. The average Bonchev–Trinajstić information content (AvgIpc) is 2.80. The molecule has 0 saturated carbocycles. The quantitative estimate of drug-likeness (QED) is 0.254. The molecular formula is C23H27IN4O3. The SMILES string of the molecule is CN=C(NCc1ccc(Oc2cccc(OC)c2)nc1)NCc1ccccc1OC.I. The minimum absolute atomic E-state index is 0. The molecule has 31 heavy (non-hydrogen) atoms. The number of nitrogens with one attached hydrogen (secondary N) is 2. The molecule has 1 aromatic heterocycles. The summed E-state index contributed by atoms with van der Waals surface area (Å²) in [6, 6.07) is 19.1. The van der Waals surface area contributed by atoms with Crippen molar-refractivity contribution in [2.75, 3.05) is 21.3 Å². The predicted molar refractivity (Wildman–Crippen MR) is 133 cm³/mol. The molecule has 0 saturated heterocycles. The number of hydrogen-bond acceptors (Lipinski definition) is 5. The Morgan fingerprint density at radius 3 is 2.39 bits per heavy atom. The van der Waals surface area contributed by atoms with E-state index < -0.39 is 0 Å². The second-order valence-corrected chi connectivity index (χ2v) is 6.38. The van der Waals surface area contributed by atoms with Crippen molar-refractivity contribution in [2.24, 2.45) is 4.99 Å². The molecule has 0 aliphatic carbocycles. The molecule has 0 spiro atoms. The number of rotatable bonds is 8. The van der Waals surface area contributed by atoms with Crippen LogP contribution in [-0.4, -0.2) is 32.2 Å². The highest BCUT2D eigenvalue weighted by atomic mass is 127. The summed E-state index contributed by atoms with van der Waals surface area (Å²) >= 11 is 0. The molecule has 0 fully saturated rings. The molecular weight excluding hydrogens is 507 g/mol. The van der Waals surface area contributed by atoms with Gasteiger partial charge in [0.1, 0.15) is 17.2 Å². The highest BCUT2D eigenvalue weighted by Gasteiger charge is 2.05. The van der Waals surface area contributed by atoms with Gasteiger partial charge in [-0.05, 0) is 23.8 Å². The van der Waals surface area contributed by atoms with Crippen LogP contribution < -0.4 is 24.8 Å². The van der Waals surface area contributed by atoms with Gasteiger partial charge < -0.3 is 24.8 Å². The van der Waals surface area contributed by atoms with Gasteiger partial charge in [0.2, 0.25) is 5.88 Å². The topological polar surface area (TPSA) is 77.0 Å². The number of aromatic nitrogens is 1. The molecule has 0 aliphatic rings. The van der Waals surface area contributed by atoms with Gasteiger partial charge in [0.25, 0.3) is 0 Å². The molecule has 0 unspecified atom stereocenters. The first-order valence-electron chi connectivity index (χ1n) is 9.55. The van der Waals surface area contributed by atoms with Gasteiger partial charge in [-0.2, -0.15) is 0 Å². The minimum Gasteiger partial charge on any atom is -0.497 e. The Morgan fingerprint density at radius 1 is 0.903 bits per heavy atom. The lowest BCUT2D eigenvalue weighted by molar-refractivity contribution is 0.407. The number of pyridine rings is 1. The Kier molecular flexibility index (Phi) is 9.89. The summed E-state index contributed by atoms with van der Waals surface area (Å²) in [6.07, 6.45) is 1.77. The zero-order valence-electron chi connectivity index (χ0n) is 17.8. The number of ether oxygens (including phenoxy) is 3. The summed E-state index contributed by atoms with van der Waals surface area (Å²) < 4.78 is 16.4. The van der Waals surface area contributed by atoms with E-state index in [1.54, 1.807) is 27.5 Å². The van der Waals surface area contributed by atoms with Crippen molar-refractivity contribution >= 4 is 29.9 Å². The van der Waals surface area contributed by atoms with Crippen LogP contribution in [0.3, 0.4) is 0 Å². The van der Waals surface area contributed by atoms with Gasteiger partial charge in [0.05, 0.1) is 14.2 Å². The maximum atomic E-state index is 5.77. The summed E-state index contributed by atoms with van der Waals surface area (Å²) in [4.78, 5) is 8.63. The first-order chi connectivity index (χ1) is 14.7. The first kappa shape index (κ1) is 24.3. The molecule has 8 heteroatoms. The first-order valence-corrected chi connectivity index (χ1v) is 9.55. The Labute approximate surface area is 199 Å². The van der Waals surface area contributed by atoms with E-state index in [0.717, 1.165) is 22.6 Å². The van der Waals surface area contributed by atoms with Crippen LogP contribution in [0.2, 0.25) is 0 Å². The number of hydrogen-bond donors (Lipinski definition) is 2. The van der Waals surface area contributed by atoms with Gasteiger partial charge in [-0.1, -0.05) is 30.3 Å². The van der Waals surface area contributed by atoms with Gasteiger partial charge in [0, 0.05) is 44.0 Å². The van der Waals surface area contributed by atoms with Crippen LogP contribution in [0.5, 0.6) is 23.1 Å². The lowest BCUT2D eigenvalue weighted by Crippen LogP contribution is -2.36. The van der Waals surface area contributed by atoms with E-state index in [-0.39, 0.29) is 24.0 Å². The fourth-order valence-electron chi connectivity index (χ4n) is 2.80. The van der Waals surface area contributed by atoms with E-state index in [1.807, 2.05) is 60.7 Å². The second kappa shape index (κ2) is 12.6. The maximum Gasteiger partial charge on any atom is 0.219 e. The van der Waals surface area contributed by atoms with Crippen molar-refractivity contribution < 1.29 is 14.2 Å². The molecule has 164 valence electrons. The molecule has 0 bridgehead atoms. The number of para-hydroxylation sites is 1. The van der Waals surface area contributed by atoms with Crippen molar-refractivity contribution in [1.29, 1.82) is 0 Å². The molecule has 2 aromatic carbocycles. The molecule has 1 heterocycles. The molecule has 3 aromatic rings. The predicted octanol–water partition coefficient (Wildman–Crippen LogP) is 4.37. The van der Waals surface area contributed by atoms with Crippen LogP contribution >= 0.6 is 24.0 Å². The normalized spacial score (nSPS) is 10.6. The summed E-state index contributed by atoms with van der Waals surface area (Å²) in [7, 11) is 5.03. The number of methoxy groups -OCH3 is 2. The molecule has 0 radical (unpaired) electrons. The monoisotopic (exact) mass is 534 g/mol. The number of guanidine groups is 1. The fourth-order valence-corrected chi connectivity index (χ4v) is 2.80. The van der Waals surface area contributed by atoms with E-state index in [4.69, 9.17) is 14.2 Å². The third-order valence-corrected chi connectivity index (χ3v) is 4.38. The minimum atomic E-state index is 0. The zero-order valence-corrected chi connectivity index (χ0v) is 20.1. The molecule has 7 nitrogen and oxygen atoms in total. The van der Waals surface area contributed by atoms with Crippen LogP contribution in [0.25, 0.3) is 0 Å². The van der Waals surface area contributed by atoms with E-state index in [9.17, 15) is 0 Å². The van der Waals surface area contributed by atoms with Crippen molar-refractivity contribution in [2.45, 2.75) is 13.1 Å². The van der Waals surface area contributed by atoms with Crippen molar-refractivity contribution in [3.63, 3.8) is 0 Å². The summed E-state index contributed by atoms with van der Waals surface area (Å²) in [6.45, 7) is 1.19. The molecule has 0 atom stereocenters. The summed E-state index contributed by atoms with van der Waals surface area (Å²) in [5.74, 6) is 3.47. The molecule has 0 amide bonds. The maximum absolute atomic E-state index is 5.77. The van der Waals surface area contributed by atoms with E-state index in [0.29, 0.717) is 30.7 Å². The van der Waals surface area contributed by atoms with E-state index in [1.165, 1.54) is 0 Å². The van der Waals surface area contributed by atoms with E-state index >= 15 is 0 Å². The third-order valence-electron chi connectivity index (χ3n) is 4.38. The number of halogens is 1. The highest BCUT2D eigenvalue weighted by Crippen LogP contribution is 2.23. The van der Waals surface area contributed by atoms with Crippen molar-refractivity contribution in [3.8, 4) is 23.1 Å². The highest BCUT2D eigenvalue weighted by molar-refractivity contribution is 14.0. The Hall–Kier alpha value is -3.01. The van der Waals surface area contributed by atoms with Crippen LogP contribution in [0.1, 0.15) is 11.1 Å². The molecule has 0 aliphatic heterocycles. The van der Waals surface area contributed by atoms with Gasteiger partial charge in [-0.25, -0.2) is 4.98 Å². The molecule has 3 rings (SSSR count). The number of aliphatic imine (C=N–C) groups is 1. The van der Waals surface area contributed by atoms with Gasteiger partial charge in [-0.3, -0.25) is 4.99 Å². The standard InChI is InChI=1S/C23H26N4O3.HI/c1-24-23(27-16-18-7-4-5-10-21(18)29-3)26-15-17-11-12-22(25-14-17)30-20-9-6-8-19(13-20)28-2;/h4-14H,15-16H2,1-3H3,(H2,24,26,27);1H. The Bertz CT molecular complexity index is 981. The van der Waals surface area contributed by atoms with Gasteiger partial charge in [0.15, 0.2) is 5.96 Å². The number of benzene rings is 2. The summed E-state index contributed by atoms with van der Waals surface area (Å²) in [5.41, 5.74) is 2.07. The van der Waals surface area contributed by atoms with Gasteiger partial charge in [-0.15, -0.1) is 24.0 Å². The Morgan fingerprint density at radius 2 is 1.68 bits per heavy atom. The van der Waals surface area contributed by atoms with Crippen LogP contribution in [0.15, 0.2) is 71.9 Å². The summed E-state index contributed by atoms with van der Waals surface area (Å²) in [5, 5.41) is 6.57. The van der Waals surface area contributed by atoms with Crippen molar-refractivity contribution in [1.82, 2.24) is 15.6 Å². The van der Waals surface area contributed by atoms with Crippen LogP contribution in [0.4, 0.5) is 0 Å². The smallest absolute Gasteiger partial charge is 0.219 e. The lowest BCUT2D eigenvalue weighted by Gasteiger charge is -2.14. The third kappa shape index (κ3) is 7.32. The fraction of sp³-hybridized carbons (Fsp3) is 0.217. The van der Waals surface area contributed by atoms with E-state index in [2.05, 4.69) is 20.6 Å². The average molecular weight is 534 g/mol. The lowest BCUT2D eigenvalue weighted by atomic mass is 10.2. The van der Waals surface area contributed by atoms with Crippen molar-refractivity contribution in [3.05, 3.63) is 78.0 Å². The van der Waals surface area contributed by atoms with Crippen LogP contribution in [-0.2, 0) is 13.1 Å². The Balaban J connectivity index is 0.00000341. The molecule has 2 N–H and O–H groups in total. The zero-order chi connectivity index (χ0) is 21.2. The van der Waals surface area contributed by atoms with Crippen LogP contribution in [0, 0.1) is 0 Å². The largest absolute Gasteiger partial charge is 0.497 e.